The van der Waals surface area contributed by atoms with E-state index in [9.17, 15) is 36.4 Å². The van der Waals surface area contributed by atoms with Crippen LogP contribution in [0, 0.1) is 11.3 Å². The van der Waals surface area contributed by atoms with E-state index in [0.29, 0.717) is 17.5 Å². The minimum atomic E-state index is -4.71. The highest BCUT2D eigenvalue weighted by molar-refractivity contribution is 6.03. The Morgan fingerprint density at radius 3 is 2.44 bits per heavy atom. The third-order valence-electron chi connectivity index (χ3n) is 5.48. The number of fused-ring (bicyclic) bond motifs is 1. The number of amides is 1. The second-order valence-corrected chi connectivity index (χ2v) is 7.92. The summed E-state index contributed by atoms with van der Waals surface area (Å²) in [5, 5.41) is 13.5. The van der Waals surface area contributed by atoms with Crippen LogP contribution in [0.3, 0.4) is 0 Å². The number of ether oxygens (including phenoxy) is 1. The van der Waals surface area contributed by atoms with Crippen LogP contribution in [0.15, 0.2) is 36.7 Å². The van der Waals surface area contributed by atoms with Gasteiger partial charge in [-0.05, 0) is 31.2 Å². The second-order valence-electron chi connectivity index (χ2n) is 7.92. The molecule has 0 radical (unpaired) electrons. The van der Waals surface area contributed by atoms with Gasteiger partial charge in [-0.15, -0.1) is 0 Å². The number of hydrogen-bond acceptors (Lipinski definition) is 6. The Morgan fingerprint density at radius 2 is 1.89 bits per heavy atom. The zero-order valence-electron chi connectivity index (χ0n) is 18.4. The lowest BCUT2D eigenvalue weighted by Gasteiger charge is -2.23. The molecule has 0 unspecified atom stereocenters. The summed E-state index contributed by atoms with van der Waals surface area (Å²) >= 11 is 0. The average Bonchev–Trinajstić information content (AvgIpc) is 3.37. The highest BCUT2D eigenvalue weighted by atomic mass is 19.4. The molecule has 1 amide bonds. The fourth-order valence-electron chi connectivity index (χ4n) is 3.53. The summed E-state index contributed by atoms with van der Waals surface area (Å²) in [4.78, 5) is 18.3. The van der Waals surface area contributed by atoms with Crippen molar-refractivity contribution in [2.45, 2.75) is 38.5 Å². The van der Waals surface area contributed by atoms with Crippen molar-refractivity contribution in [2.75, 3.05) is 5.73 Å². The van der Waals surface area contributed by atoms with E-state index in [1.165, 1.54) is 15.8 Å². The summed E-state index contributed by atoms with van der Waals surface area (Å²) in [6, 6.07) is 6.02. The van der Waals surface area contributed by atoms with Crippen LogP contribution < -0.4 is 10.5 Å². The zero-order valence-corrected chi connectivity index (χ0v) is 18.4. The van der Waals surface area contributed by atoms with E-state index in [0.717, 1.165) is 31.2 Å². The van der Waals surface area contributed by atoms with Crippen LogP contribution in [-0.4, -0.2) is 37.9 Å². The molecular weight excluding hydrogens is 494 g/mol. The maximum Gasteiger partial charge on any atom is 0.425 e. The Hall–Kier alpha value is -4.28. The summed E-state index contributed by atoms with van der Waals surface area (Å²) in [5.41, 5.74) is 5.16. The topological polar surface area (TPSA) is 110 Å². The molecular formula is C22H16F6N6O2. The first kappa shape index (κ1) is 24.8. The molecule has 3 aromatic rings. The van der Waals surface area contributed by atoms with Gasteiger partial charge in [0.2, 0.25) is 0 Å². The van der Waals surface area contributed by atoms with Gasteiger partial charge in [-0.3, -0.25) is 4.79 Å². The van der Waals surface area contributed by atoms with Gasteiger partial charge in [0.15, 0.2) is 11.9 Å². The van der Waals surface area contributed by atoms with Gasteiger partial charge in [-0.25, -0.2) is 9.67 Å². The number of aromatic nitrogens is 3. The molecule has 8 nitrogen and oxygen atoms in total. The number of anilines is 1. The molecule has 14 heteroatoms. The number of carbonyl (C=O) groups excluding carboxylic acids is 1. The first-order valence-electron chi connectivity index (χ1n) is 10.3. The number of nitriles is 1. The van der Waals surface area contributed by atoms with Crippen LogP contribution in [0.25, 0.3) is 5.82 Å². The number of rotatable bonds is 4. The number of nitrogen functional groups attached to an aromatic ring is 1. The number of pyridine rings is 1. The molecule has 0 aliphatic carbocycles. The van der Waals surface area contributed by atoms with Gasteiger partial charge in [-0.1, -0.05) is 0 Å². The molecule has 0 spiro atoms. The SMILES string of the molecule is C[C@H](Oc1ccc(C#N)c(N)c1C(=O)N1Cc2cn(-c3ccc(C(F)(F)F)cn3)nc2C1)C(F)(F)F. The largest absolute Gasteiger partial charge is 0.480 e. The number of benzene rings is 1. The highest BCUT2D eigenvalue weighted by Gasteiger charge is 2.39. The first-order chi connectivity index (χ1) is 16.8. The van der Waals surface area contributed by atoms with Gasteiger partial charge in [0.25, 0.3) is 5.91 Å². The fraction of sp³-hybridized carbons (Fsp3) is 0.273. The highest BCUT2D eigenvalue weighted by Crippen LogP contribution is 2.35. The van der Waals surface area contributed by atoms with Crippen molar-refractivity contribution in [1.82, 2.24) is 19.7 Å². The zero-order chi connectivity index (χ0) is 26.4. The summed E-state index contributed by atoms with van der Waals surface area (Å²) in [6.07, 6.45) is -9.33. The van der Waals surface area contributed by atoms with Gasteiger partial charge >= 0.3 is 12.4 Å². The van der Waals surface area contributed by atoms with E-state index >= 15 is 0 Å². The molecule has 0 bridgehead atoms. The minimum Gasteiger partial charge on any atom is -0.480 e. The number of halogens is 6. The van der Waals surface area contributed by atoms with E-state index in [2.05, 4.69) is 10.1 Å². The van der Waals surface area contributed by atoms with Crippen LogP contribution in [0.2, 0.25) is 0 Å². The third kappa shape index (κ3) is 4.64. The predicted octanol–water partition coefficient (Wildman–Crippen LogP) is 4.23. The number of nitrogens with zero attached hydrogens (tertiary/aromatic N) is 5. The smallest absolute Gasteiger partial charge is 0.425 e. The molecule has 188 valence electrons. The van der Waals surface area contributed by atoms with E-state index < -0.39 is 35.7 Å². The van der Waals surface area contributed by atoms with Gasteiger partial charge in [0.1, 0.15) is 17.4 Å². The third-order valence-corrected chi connectivity index (χ3v) is 5.48. The van der Waals surface area contributed by atoms with Crippen molar-refractivity contribution in [3.63, 3.8) is 0 Å². The average molecular weight is 510 g/mol. The van der Waals surface area contributed by atoms with Crippen LogP contribution in [0.4, 0.5) is 32.0 Å². The van der Waals surface area contributed by atoms with Crippen LogP contribution in [-0.2, 0) is 19.3 Å². The molecule has 4 rings (SSSR count). The quantitative estimate of drug-likeness (QED) is 0.416. The van der Waals surface area contributed by atoms with E-state index in [1.54, 1.807) is 6.07 Å². The molecule has 2 aromatic heterocycles. The Morgan fingerprint density at radius 1 is 1.17 bits per heavy atom. The molecule has 2 N–H and O–H groups in total. The summed E-state index contributed by atoms with van der Waals surface area (Å²) < 4.78 is 83.6. The van der Waals surface area contributed by atoms with Crippen molar-refractivity contribution in [1.29, 1.82) is 5.26 Å². The molecule has 1 aromatic carbocycles. The monoisotopic (exact) mass is 510 g/mol. The molecule has 1 aliphatic rings. The number of carbonyl (C=O) groups is 1. The Kier molecular flexibility index (Phi) is 6.03. The Balaban J connectivity index is 1.58. The van der Waals surface area contributed by atoms with Gasteiger partial charge < -0.3 is 15.4 Å². The number of hydrogen-bond donors (Lipinski definition) is 1. The minimum absolute atomic E-state index is 0.0146. The summed E-state index contributed by atoms with van der Waals surface area (Å²) in [7, 11) is 0. The van der Waals surface area contributed by atoms with Crippen molar-refractivity contribution in [2.24, 2.45) is 0 Å². The Labute approximate surface area is 199 Å². The normalized spacial score (nSPS) is 14.3. The van der Waals surface area contributed by atoms with Gasteiger partial charge in [0, 0.05) is 24.5 Å². The van der Waals surface area contributed by atoms with Crippen LogP contribution in [0.1, 0.15) is 39.7 Å². The molecule has 36 heavy (non-hydrogen) atoms. The standard InChI is InChI=1S/C22H16F6N6O2/c1-11(21(23,24)25)36-16-4-2-12(6-29)19(30)18(16)20(35)33-8-13-9-34(32-15(13)10-33)17-5-3-14(7-31-17)22(26,27)28/h2-5,7,9,11H,8,10,30H2,1H3/t11-/m0/s1. The van der Waals surface area contributed by atoms with Gasteiger partial charge in [0.05, 0.1) is 29.1 Å². The second kappa shape index (κ2) is 8.74. The summed E-state index contributed by atoms with van der Waals surface area (Å²) in [6.45, 7) is 0.692. The predicted molar refractivity (Wildman–Crippen MR) is 112 cm³/mol. The molecule has 1 aliphatic heterocycles. The molecule has 0 fully saturated rings. The van der Waals surface area contributed by atoms with Crippen LogP contribution >= 0.6 is 0 Å². The van der Waals surface area contributed by atoms with E-state index in [-0.39, 0.29) is 35.7 Å². The van der Waals surface area contributed by atoms with Crippen molar-refractivity contribution >= 4 is 11.6 Å². The lowest BCUT2D eigenvalue weighted by molar-refractivity contribution is -0.189. The molecule has 0 saturated heterocycles. The van der Waals surface area contributed by atoms with Gasteiger partial charge in [-0.2, -0.15) is 36.7 Å². The first-order valence-corrected chi connectivity index (χ1v) is 10.3. The lowest BCUT2D eigenvalue weighted by atomic mass is 10.1. The molecule has 0 saturated carbocycles. The molecule has 1 atom stereocenters. The van der Waals surface area contributed by atoms with Crippen molar-refractivity contribution in [3.8, 4) is 17.6 Å². The van der Waals surface area contributed by atoms with Crippen molar-refractivity contribution < 1.29 is 35.9 Å². The summed E-state index contributed by atoms with van der Waals surface area (Å²) in [5.74, 6) is -1.07. The number of nitrogens with two attached hydrogens (primary N) is 1. The maximum absolute atomic E-state index is 13.3. The molecule has 3 heterocycles. The number of alkyl halides is 6. The van der Waals surface area contributed by atoms with E-state index in [4.69, 9.17) is 10.5 Å². The maximum atomic E-state index is 13.3. The van der Waals surface area contributed by atoms with Crippen LogP contribution in [0.5, 0.6) is 5.75 Å². The Bertz CT molecular complexity index is 1330. The lowest BCUT2D eigenvalue weighted by Crippen LogP contribution is -2.33. The van der Waals surface area contributed by atoms with E-state index in [1.807, 2.05) is 0 Å². The fourth-order valence-corrected chi connectivity index (χ4v) is 3.53. The van der Waals surface area contributed by atoms with Crippen molar-refractivity contribution in [3.05, 3.63) is 64.6 Å².